The number of benzene rings is 1. The lowest BCUT2D eigenvalue weighted by Gasteiger charge is -2.12. The average Bonchev–Trinajstić information content (AvgIpc) is 2.24. The van der Waals surface area contributed by atoms with Gasteiger partial charge in [-0.1, -0.05) is 32.0 Å². The number of rotatable bonds is 5. The van der Waals surface area contributed by atoms with Crippen molar-refractivity contribution in [2.45, 2.75) is 26.7 Å². The third kappa shape index (κ3) is 4.08. The van der Waals surface area contributed by atoms with Gasteiger partial charge in [-0.3, -0.25) is 0 Å². The van der Waals surface area contributed by atoms with E-state index >= 15 is 0 Å². The van der Waals surface area contributed by atoms with Crippen molar-refractivity contribution in [1.82, 2.24) is 0 Å². The molecule has 0 heterocycles. The Hall–Kier alpha value is -1.42. The molecule has 1 heteroatoms. The highest BCUT2D eigenvalue weighted by molar-refractivity contribution is 5.33. The molecule has 0 aliphatic heterocycles. The first kappa shape index (κ1) is 11.7. The largest absolute Gasteiger partial charge is 0.493 e. The Bertz CT molecular complexity index is 333. The van der Waals surface area contributed by atoms with Crippen LogP contribution in [0.3, 0.4) is 0 Å². The van der Waals surface area contributed by atoms with Gasteiger partial charge in [-0.25, -0.2) is 0 Å². The molecule has 0 aliphatic carbocycles. The summed E-state index contributed by atoms with van der Waals surface area (Å²) < 4.78 is 5.73. The number of ether oxygens (including phenoxy) is 1. The molecule has 0 aliphatic rings. The number of hydrogen-bond acceptors (Lipinski definition) is 1. The van der Waals surface area contributed by atoms with Crippen LogP contribution in [0, 0.1) is 18.3 Å². The van der Waals surface area contributed by atoms with Gasteiger partial charge in [0.05, 0.1) is 6.61 Å². The van der Waals surface area contributed by atoms with Gasteiger partial charge < -0.3 is 4.74 Å². The Morgan fingerprint density at radius 2 is 2.07 bits per heavy atom. The van der Waals surface area contributed by atoms with E-state index in [2.05, 4.69) is 25.8 Å². The highest BCUT2D eigenvalue weighted by atomic mass is 16.5. The third-order valence-electron chi connectivity index (χ3n) is 2.08. The van der Waals surface area contributed by atoms with Crippen molar-refractivity contribution in [2.75, 3.05) is 6.61 Å². The van der Waals surface area contributed by atoms with Gasteiger partial charge >= 0.3 is 0 Å². The number of hydrogen-bond donors (Lipinski definition) is 0. The molecular weight excluding hydrogens is 184 g/mol. The van der Waals surface area contributed by atoms with Gasteiger partial charge in [0.25, 0.3) is 0 Å². The molecule has 15 heavy (non-hydrogen) atoms. The summed E-state index contributed by atoms with van der Waals surface area (Å²) in [4.78, 5) is 0. The van der Waals surface area contributed by atoms with E-state index in [1.165, 1.54) is 5.56 Å². The SMILES string of the molecule is C#CCCc1ccccc1OCC(C)C. The Morgan fingerprint density at radius 1 is 1.33 bits per heavy atom. The zero-order chi connectivity index (χ0) is 11.1. The number of para-hydroxylation sites is 1. The van der Waals surface area contributed by atoms with Crippen LogP contribution in [0.25, 0.3) is 0 Å². The van der Waals surface area contributed by atoms with E-state index in [4.69, 9.17) is 11.2 Å². The molecule has 0 atom stereocenters. The standard InChI is InChI=1S/C14H18O/c1-4-5-8-13-9-6-7-10-14(13)15-11-12(2)3/h1,6-7,9-10,12H,5,8,11H2,2-3H3. The van der Waals surface area contributed by atoms with Gasteiger partial charge in [0.15, 0.2) is 0 Å². The quantitative estimate of drug-likeness (QED) is 0.666. The first-order valence-electron chi connectivity index (χ1n) is 5.38. The molecule has 0 fully saturated rings. The van der Waals surface area contributed by atoms with Gasteiger partial charge in [0.1, 0.15) is 5.75 Å². The molecule has 0 bridgehead atoms. The maximum Gasteiger partial charge on any atom is 0.122 e. The van der Waals surface area contributed by atoms with Crippen LogP contribution in [0.4, 0.5) is 0 Å². The lowest BCUT2D eigenvalue weighted by Crippen LogP contribution is -2.06. The Labute approximate surface area is 92.5 Å². The fourth-order valence-corrected chi connectivity index (χ4v) is 1.31. The minimum Gasteiger partial charge on any atom is -0.493 e. The van der Waals surface area contributed by atoms with Crippen molar-refractivity contribution in [2.24, 2.45) is 5.92 Å². The predicted octanol–water partition coefficient (Wildman–Crippen LogP) is 3.29. The van der Waals surface area contributed by atoms with Gasteiger partial charge in [-0.15, -0.1) is 12.3 Å². The topological polar surface area (TPSA) is 9.23 Å². The van der Waals surface area contributed by atoms with E-state index in [0.717, 1.165) is 25.2 Å². The van der Waals surface area contributed by atoms with Crippen molar-refractivity contribution in [1.29, 1.82) is 0 Å². The fraction of sp³-hybridized carbons (Fsp3) is 0.429. The monoisotopic (exact) mass is 202 g/mol. The van der Waals surface area contributed by atoms with Crippen LogP contribution in [0.1, 0.15) is 25.8 Å². The van der Waals surface area contributed by atoms with Crippen LogP contribution in [0.2, 0.25) is 0 Å². The van der Waals surface area contributed by atoms with Crippen molar-refractivity contribution < 1.29 is 4.74 Å². The van der Waals surface area contributed by atoms with Crippen LogP contribution in [-0.4, -0.2) is 6.61 Å². The summed E-state index contributed by atoms with van der Waals surface area (Å²) in [5.41, 5.74) is 1.20. The van der Waals surface area contributed by atoms with E-state index in [9.17, 15) is 0 Å². The molecule has 0 radical (unpaired) electrons. The average molecular weight is 202 g/mol. The lowest BCUT2D eigenvalue weighted by atomic mass is 10.1. The predicted molar refractivity (Wildman–Crippen MR) is 63.9 cm³/mol. The van der Waals surface area contributed by atoms with Crippen LogP contribution in [-0.2, 0) is 6.42 Å². The third-order valence-corrected chi connectivity index (χ3v) is 2.08. The molecule has 1 aromatic rings. The maximum absolute atomic E-state index is 5.73. The minimum atomic E-state index is 0.547. The van der Waals surface area contributed by atoms with Crippen molar-refractivity contribution in [3.8, 4) is 18.1 Å². The molecule has 0 unspecified atom stereocenters. The highest BCUT2D eigenvalue weighted by Crippen LogP contribution is 2.19. The van der Waals surface area contributed by atoms with Gasteiger partial charge in [0, 0.05) is 6.42 Å². The number of aryl methyl sites for hydroxylation is 1. The Kier molecular flexibility index (Phi) is 4.77. The summed E-state index contributed by atoms with van der Waals surface area (Å²) >= 11 is 0. The second kappa shape index (κ2) is 6.14. The molecule has 0 aromatic heterocycles. The summed E-state index contributed by atoms with van der Waals surface area (Å²) in [5, 5.41) is 0. The first-order chi connectivity index (χ1) is 7.24. The van der Waals surface area contributed by atoms with E-state index in [1.54, 1.807) is 0 Å². The van der Waals surface area contributed by atoms with Crippen LogP contribution in [0.15, 0.2) is 24.3 Å². The van der Waals surface area contributed by atoms with E-state index in [0.29, 0.717) is 5.92 Å². The van der Waals surface area contributed by atoms with Crippen molar-refractivity contribution in [3.05, 3.63) is 29.8 Å². The van der Waals surface area contributed by atoms with Crippen LogP contribution >= 0.6 is 0 Å². The van der Waals surface area contributed by atoms with Gasteiger partial charge in [-0.05, 0) is 24.0 Å². The van der Waals surface area contributed by atoms with E-state index < -0.39 is 0 Å². The zero-order valence-electron chi connectivity index (χ0n) is 9.49. The minimum absolute atomic E-state index is 0.547. The summed E-state index contributed by atoms with van der Waals surface area (Å²) in [6.07, 6.45) is 6.92. The Morgan fingerprint density at radius 3 is 2.73 bits per heavy atom. The van der Waals surface area contributed by atoms with Crippen LogP contribution < -0.4 is 4.74 Å². The summed E-state index contributed by atoms with van der Waals surface area (Å²) in [5.74, 6) is 4.17. The number of terminal acetylenes is 1. The molecule has 0 spiro atoms. The maximum atomic E-state index is 5.73. The first-order valence-corrected chi connectivity index (χ1v) is 5.38. The van der Waals surface area contributed by atoms with Crippen molar-refractivity contribution >= 4 is 0 Å². The smallest absolute Gasteiger partial charge is 0.122 e. The fourth-order valence-electron chi connectivity index (χ4n) is 1.31. The lowest BCUT2D eigenvalue weighted by molar-refractivity contribution is 0.268. The van der Waals surface area contributed by atoms with Gasteiger partial charge in [0.2, 0.25) is 0 Å². The summed E-state index contributed by atoms with van der Waals surface area (Å²) in [6.45, 7) is 5.04. The van der Waals surface area contributed by atoms with E-state index in [-0.39, 0.29) is 0 Å². The zero-order valence-corrected chi connectivity index (χ0v) is 9.49. The molecule has 0 saturated carbocycles. The molecule has 1 nitrogen and oxygen atoms in total. The van der Waals surface area contributed by atoms with Crippen LogP contribution in [0.5, 0.6) is 5.75 Å². The second-order valence-corrected chi connectivity index (χ2v) is 4.02. The molecule has 80 valence electrons. The molecule has 0 saturated heterocycles. The normalized spacial score (nSPS) is 10.0. The molecule has 0 N–H and O–H groups in total. The Balaban J connectivity index is 2.64. The molecule has 1 rings (SSSR count). The van der Waals surface area contributed by atoms with Crippen molar-refractivity contribution in [3.63, 3.8) is 0 Å². The summed E-state index contributed by atoms with van der Waals surface area (Å²) in [6, 6.07) is 8.10. The van der Waals surface area contributed by atoms with Gasteiger partial charge in [-0.2, -0.15) is 0 Å². The highest BCUT2D eigenvalue weighted by Gasteiger charge is 2.02. The van der Waals surface area contributed by atoms with E-state index in [1.807, 2.05) is 18.2 Å². The molecular formula is C14H18O. The second-order valence-electron chi connectivity index (χ2n) is 4.02. The molecule has 0 amide bonds. The summed E-state index contributed by atoms with van der Waals surface area (Å²) in [7, 11) is 0. The molecule has 1 aromatic carbocycles.